The van der Waals surface area contributed by atoms with E-state index < -0.39 is 23.1 Å². The van der Waals surface area contributed by atoms with Gasteiger partial charge in [0.15, 0.2) is 0 Å². The van der Waals surface area contributed by atoms with Crippen LogP contribution in [0, 0.1) is 10.8 Å². The molecule has 0 radical (unpaired) electrons. The van der Waals surface area contributed by atoms with Crippen LogP contribution in [0.5, 0.6) is 0 Å². The number of carboxylic acids is 1. The lowest BCUT2D eigenvalue weighted by Crippen LogP contribution is -2.40. The molecule has 2 aliphatic rings. The van der Waals surface area contributed by atoms with E-state index in [0.29, 0.717) is 19.6 Å². The van der Waals surface area contributed by atoms with Gasteiger partial charge in [0, 0.05) is 18.6 Å². The van der Waals surface area contributed by atoms with Gasteiger partial charge in [-0.25, -0.2) is 4.79 Å². The van der Waals surface area contributed by atoms with Crippen molar-refractivity contribution in [2.24, 2.45) is 10.8 Å². The number of nitrogens with one attached hydrogen (secondary N) is 1. The van der Waals surface area contributed by atoms with Crippen LogP contribution in [0.25, 0.3) is 0 Å². The van der Waals surface area contributed by atoms with E-state index >= 15 is 0 Å². The van der Waals surface area contributed by atoms with Crippen LogP contribution in [-0.2, 0) is 14.3 Å². The average molecular weight is 271 g/mol. The monoisotopic (exact) mass is 271 g/mol. The number of ether oxygens (including phenoxy) is 2. The van der Waals surface area contributed by atoms with Gasteiger partial charge in [0.25, 0.3) is 0 Å². The maximum atomic E-state index is 11.6. The van der Waals surface area contributed by atoms with Crippen molar-refractivity contribution in [2.45, 2.75) is 39.2 Å². The van der Waals surface area contributed by atoms with Gasteiger partial charge < -0.3 is 19.9 Å². The first-order valence-corrected chi connectivity index (χ1v) is 6.49. The van der Waals surface area contributed by atoms with Gasteiger partial charge in [0.05, 0.1) is 12.0 Å². The van der Waals surface area contributed by atoms with Gasteiger partial charge in [-0.1, -0.05) is 0 Å². The minimum Gasteiger partial charge on any atom is -0.481 e. The lowest BCUT2D eigenvalue weighted by molar-refractivity contribution is -0.144. The van der Waals surface area contributed by atoms with E-state index in [9.17, 15) is 14.7 Å². The first-order valence-electron chi connectivity index (χ1n) is 6.49. The van der Waals surface area contributed by atoms with E-state index in [-0.39, 0.29) is 12.0 Å². The molecule has 2 rings (SSSR count). The van der Waals surface area contributed by atoms with Crippen molar-refractivity contribution in [3.05, 3.63) is 0 Å². The summed E-state index contributed by atoms with van der Waals surface area (Å²) >= 11 is 0. The molecule has 0 aromatic rings. The SMILES string of the molecule is CC(C)(C)OC(=O)NC[C@@]1(C(=O)O)C[C@]12CCOC2. The second kappa shape index (κ2) is 4.37. The number of amides is 1. The zero-order valence-corrected chi connectivity index (χ0v) is 11.6. The highest BCUT2D eigenvalue weighted by atomic mass is 16.6. The largest absolute Gasteiger partial charge is 0.481 e. The van der Waals surface area contributed by atoms with Crippen molar-refractivity contribution >= 4 is 12.1 Å². The summed E-state index contributed by atoms with van der Waals surface area (Å²) in [7, 11) is 0. The van der Waals surface area contributed by atoms with Gasteiger partial charge in [-0.15, -0.1) is 0 Å². The van der Waals surface area contributed by atoms with E-state index in [1.165, 1.54) is 0 Å². The molecule has 1 heterocycles. The Morgan fingerprint density at radius 2 is 2.11 bits per heavy atom. The molecule has 1 spiro atoms. The number of carbonyl (C=O) groups excluding carboxylic acids is 1. The molecule has 0 unspecified atom stereocenters. The van der Waals surface area contributed by atoms with E-state index in [0.717, 1.165) is 6.42 Å². The van der Waals surface area contributed by atoms with Crippen molar-refractivity contribution in [3.8, 4) is 0 Å². The van der Waals surface area contributed by atoms with Crippen LogP contribution < -0.4 is 5.32 Å². The molecule has 108 valence electrons. The number of carboxylic acid groups (broad SMARTS) is 1. The van der Waals surface area contributed by atoms with Gasteiger partial charge in [-0.05, 0) is 33.6 Å². The van der Waals surface area contributed by atoms with Crippen LogP contribution in [-0.4, -0.2) is 42.5 Å². The molecule has 2 atom stereocenters. The molecule has 19 heavy (non-hydrogen) atoms. The standard InChI is InChI=1S/C13H21NO5/c1-11(2,3)19-10(17)14-7-13(9(15)16)6-12(13)4-5-18-8-12/h4-8H2,1-3H3,(H,14,17)(H,15,16)/t12-,13+/m0/s1. The van der Waals surface area contributed by atoms with Crippen molar-refractivity contribution in [1.82, 2.24) is 5.32 Å². The molecule has 6 nitrogen and oxygen atoms in total. The van der Waals surface area contributed by atoms with E-state index in [2.05, 4.69) is 5.32 Å². The molecule has 1 saturated heterocycles. The summed E-state index contributed by atoms with van der Waals surface area (Å²) in [6.45, 7) is 6.46. The first kappa shape index (κ1) is 14.1. The van der Waals surface area contributed by atoms with Gasteiger partial charge >= 0.3 is 12.1 Å². The molecule has 2 fully saturated rings. The van der Waals surface area contributed by atoms with E-state index in [4.69, 9.17) is 9.47 Å². The van der Waals surface area contributed by atoms with Crippen LogP contribution in [0.15, 0.2) is 0 Å². The molecule has 1 saturated carbocycles. The fourth-order valence-electron chi connectivity index (χ4n) is 2.82. The van der Waals surface area contributed by atoms with Crippen LogP contribution in [0.3, 0.4) is 0 Å². The summed E-state index contributed by atoms with van der Waals surface area (Å²) in [5.74, 6) is -0.867. The molecule has 1 aliphatic carbocycles. The summed E-state index contributed by atoms with van der Waals surface area (Å²) in [6, 6.07) is 0. The molecule has 6 heteroatoms. The molecule has 1 aliphatic heterocycles. The van der Waals surface area contributed by atoms with Gasteiger partial charge in [0.2, 0.25) is 0 Å². The van der Waals surface area contributed by atoms with E-state index in [1.54, 1.807) is 20.8 Å². The summed E-state index contributed by atoms with van der Waals surface area (Å²) in [6.07, 6.45) is 0.731. The van der Waals surface area contributed by atoms with Crippen LogP contribution in [0.2, 0.25) is 0 Å². The second-order valence-electron chi connectivity index (χ2n) is 6.50. The highest BCUT2D eigenvalue weighted by molar-refractivity contribution is 5.81. The van der Waals surface area contributed by atoms with Crippen molar-refractivity contribution in [2.75, 3.05) is 19.8 Å². The molecule has 0 aromatic carbocycles. The molecule has 2 N–H and O–H groups in total. The summed E-state index contributed by atoms with van der Waals surface area (Å²) in [5.41, 5.74) is -1.77. The highest BCUT2D eigenvalue weighted by Crippen LogP contribution is 2.67. The Morgan fingerprint density at radius 1 is 1.42 bits per heavy atom. The Kier molecular flexibility index (Phi) is 3.24. The van der Waals surface area contributed by atoms with E-state index in [1.807, 2.05) is 0 Å². The quantitative estimate of drug-likeness (QED) is 0.810. The van der Waals surface area contributed by atoms with Crippen molar-refractivity contribution in [1.29, 1.82) is 0 Å². The number of rotatable bonds is 3. The van der Waals surface area contributed by atoms with Gasteiger partial charge in [-0.3, -0.25) is 4.79 Å². The Morgan fingerprint density at radius 3 is 2.58 bits per heavy atom. The minimum absolute atomic E-state index is 0.0978. The fraction of sp³-hybridized carbons (Fsp3) is 0.846. The normalized spacial score (nSPS) is 33.2. The molecular formula is C13H21NO5. The number of carbonyl (C=O) groups is 2. The average Bonchev–Trinajstić information content (AvgIpc) is 2.60. The number of hydrogen-bond donors (Lipinski definition) is 2. The minimum atomic E-state index is -0.888. The number of alkyl carbamates (subject to hydrolysis) is 1. The third-order valence-electron chi connectivity index (χ3n) is 3.98. The third-order valence-corrected chi connectivity index (χ3v) is 3.98. The maximum absolute atomic E-state index is 11.6. The Hall–Kier alpha value is -1.30. The predicted molar refractivity (Wildman–Crippen MR) is 66.8 cm³/mol. The van der Waals surface area contributed by atoms with Crippen LogP contribution >= 0.6 is 0 Å². The topological polar surface area (TPSA) is 84.9 Å². The van der Waals surface area contributed by atoms with Crippen molar-refractivity contribution < 1.29 is 24.2 Å². The van der Waals surface area contributed by atoms with Gasteiger partial charge in [-0.2, -0.15) is 0 Å². The Labute approximate surface area is 112 Å². The fourth-order valence-corrected chi connectivity index (χ4v) is 2.82. The zero-order valence-electron chi connectivity index (χ0n) is 11.6. The summed E-state index contributed by atoms with van der Waals surface area (Å²) in [5, 5.41) is 12.0. The van der Waals surface area contributed by atoms with Crippen molar-refractivity contribution in [3.63, 3.8) is 0 Å². The summed E-state index contributed by atoms with van der Waals surface area (Å²) < 4.78 is 10.4. The number of hydrogen-bond acceptors (Lipinski definition) is 4. The molecule has 0 bridgehead atoms. The number of aliphatic carboxylic acids is 1. The smallest absolute Gasteiger partial charge is 0.407 e. The summed E-state index contributed by atoms with van der Waals surface area (Å²) in [4.78, 5) is 23.1. The maximum Gasteiger partial charge on any atom is 0.407 e. The molecule has 1 amide bonds. The lowest BCUT2D eigenvalue weighted by atomic mass is 9.92. The predicted octanol–water partition coefficient (Wildman–Crippen LogP) is 1.39. The first-order chi connectivity index (χ1) is 8.71. The second-order valence-corrected chi connectivity index (χ2v) is 6.50. The molecular weight excluding hydrogens is 250 g/mol. The third kappa shape index (κ3) is 2.54. The Balaban J connectivity index is 1.94. The molecule has 0 aromatic heterocycles. The highest BCUT2D eigenvalue weighted by Gasteiger charge is 2.73. The van der Waals surface area contributed by atoms with Crippen LogP contribution in [0.1, 0.15) is 33.6 Å². The lowest BCUT2D eigenvalue weighted by Gasteiger charge is -2.22. The zero-order chi connectivity index (χ0) is 14.3. The van der Waals surface area contributed by atoms with Gasteiger partial charge in [0.1, 0.15) is 5.60 Å². The Bertz CT molecular complexity index is 394. The van der Waals surface area contributed by atoms with Crippen LogP contribution in [0.4, 0.5) is 4.79 Å².